The summed E-state index contributed by atoms with van der Waals surface area (Å²) in [6.45, 7) is 5.20. The number of carbonyl (C=O) groups is 1. The molecule has 0 N–H and O–H groups in total. The van der Waals surface area contributed by atoms with Gasteiger partial charge in [0.05, 0.1) is 0 Å². The highest BCUT2D eigenvalue weighted by molar-refractivity contribution is 6.23. The van der Waals surface area contributed by atoms with Gasteiger partial charge in [-0.25, -0.2) is 5.06 Å². The lowest BCUT2D eigenvalue weighted by Gasteiger charge is -2.15. The van der Waals surface area contributed by atoms with Gasteiger partial charge in [0.1, 0.15) is 6.10 Å². The second-order valence-corrected chi connectivity index (χ2v) is 2.13. The summed E-state index contributed by atoms with van der Waals surface area (Å²) in [6, 6.07) is 0. The Morgan fingerprint density at radius 3 is 2.83 bits per heavy atom. The molecule has 12 heavy (non-hydrogen) atoms. The van der Waals surface area contributed by atoms with Crippen LogP contribution in [0.15, 0.2) is 12.7 Å². The highest BCUT2D eigenvalue weighted by Gasteiger charge is 2.11. The molecule has 1 atom stereocenters. The summed E-state index contributed by atoms with van der Waals surface area (Å²) >= 11 is 0. The molecule has 0 saturated carbocycles. The van der Waals surface area contributed by atoms with E-state index in [9.17, 15) is 4.79 Å². The highest BCUT2D eigenvalue weighted by Crippen LogP contribution is 1.94. The molecule has 0 aliphatic heterocycles. The van der Waals surface area contributed by atoms with Crippen LogP contribution in [0.4, 0.5) is 0 Å². The molecular formula is C7H11N3O2. The monoisotopic (exact) mass is 169 g/mol. The van der Waals surface area contributed by atoms with Crippen LogP contribution in [0.25, 0.3) is 5.53 Å². The number of hydroxylamine groups is 2. The normalized spacial score (nSPS) is 11.2. The number of amides is 1. The average molecular weight is 169 g/mol. The molecule has 5 heteroatoms. The summed E-state index contributed by atoms with van der Waals surface area (Å²) in [5.74, 6) is -0.536. The third-order valence-corrected chi connectivity index (χ3v) is 1.13. The maximum absolute atomic E-state index is 10.9. The number of hydrogen-bond acceptors (Lipinski definition) is 2. The Kier molecular flexibility index (Phi) is 4.60. The van der Waals surface area contributed by atoms with Gasteiger partial charge in [0.25, 0.3) is 0 Å². The number of rotatable bonds is 4. The van der Waals surface area contributed by atoms with Gasteiger partial charge < -0.3 is 5.53 Å². The summed E-state index contributed by atoms with van der Waals surface area (Å²) in [4.78, 5) is 18.4. The third-order valence-electron chi connectivity index (χ3n) is 1.13. The van der Waals surface area contributed by atoms with E-state index in [1.807, 2.05) is 0 Å². The van der Waals surface area contributed by atoms with Crippen LogP contribution < -0.4 is 0 Å². The van der Waals surface area contributed by atoms with Crippen molar-refractivity contribution >= 4 is 12.1 Å². The zero-order valence-corrected chi connectivity index (χ0v) is 7.10. The Balaban J connectivity index is 4.02. The molecule has 0 aliphatic carbocycles. The van der Waals surface area contributed by atoms with Crippen molar-refractivity contribution < 1.29 is 14.4 Å². The number of nitrogens with zero attached hydrogens (tertiary/aromatic N) is 3. The van der Waals surface area contributed by atoms with Gasteiger partial charge >= 0.3 is 12.1 Å². The second-order valence-electron chi connectivity index (χ2n) is 2.13. The fourth-order valence-corrected chi connectivity index (χ4v) is 0.475. The molecule has 0 bridgehead atoms. The molecule has 0 aliphatic rings. The molecule has 0 saturated heterocycles. The topological polar surface area (TPSA) is 65.9 Å². The molecule has 5 nitrogen and oxygen atoms in total. The maximum atomic E-state index is 10.9. The number of carbonyl (C=O) groups excluding carboxylic acids is 1. The molecule has 0 aromatic heterocycles. The van der Waals surface area contributed by atoms with Crippen LogP contribution in [0.5, 0.6) is 0 Å². The molecule has 1 amide bonds. The van der Waals surface area contributed by atoms with Gasteiger partial charge in [-0.1, -0.05) is 6.08 Å². The first-order chi connectivity index (χ1) is 5.61. The first-order valence-electron chi connectivity index (χ1n) is 3.36. The van der Waals surface area contributed by atoms with Gasteiger partial charge in [0.2, 0.25) is 0 Å². The zero-order chi connectivity index (χ0) is 9.56. The van der Waals surface area contributed by atoms with Crippen LogP contribution in [0.1, 0.15) is 6.92 Å². The molecule has 0 fully saturated rings. The molecule has 0 radical (unpaired) electrons. The van der Waals surface area contributed by atoms with E-state index >= 15 is 0 Å². The highest BCUT2D eigenvalue weighted by atomic mass is 16.7. The molecule has 0 spiro atoms. The zero-order valence-electron chi connectivity index (χ0n) is 7.10. The summed E-state index contributed by atoms with van der Waals surface area (Å²) in [6.07, 6.45) is 2.03. The Bertz CT molecular complexity index is 221. The quantitative estimate of drug-likeness (QED) is 0.199. The van der Waals surface area contributed by atoms with E-state index in [4.69, 9.17) is 10.4 Å². The predicted octanol–water partition coefficient (Wildman–Crippen LogP) is 0.251. The van der Waals surface area contributed by atoms with Crippen LogP contribution in [0.2, 0.25) is 0 Å². The lowest BCUT2D eigenvalue weighted by Crippen LogP contribution is -2.31. The van der Waals surface area contributed by atoms with Crippen LogP contribution in [0, 0.1) is 0 Å². The van der Waals surface area contributed by atoms with Crippen molar-refractivity contribution in [2.75, 3.05) is 7.05 Å². The molecule has 1 unspecified atom stereocenters. The van der Waals surface area contributed by atoms with E-state index in [-0.39, 0.29) is 6.10 Å². The van der Waals surface area contributed by atoms with E-state index < -0.39 is 5.91 Å². The van der Waals surface area contributed by atoms with Crippen LogP contribution >= 0.6 is 0 Å². The molecule has 0 heterocycles. The molecule has 0 aromatic rings. The number of hydrogen-bond donors (Lipinski definition) is 0. The molecule has 66 valence electrons. The smallest absolute Gasteiger partial charge is 0.351 e. The van der Waals surface area contributed by atoms with E-state index in [0.717, 1.165) is 11.3 Å². The summed E-state index contributed by atoms with van der Waals surface area (Å²) in [5.41, 5.74) is 8.02. The summed E-state index contributed by atoms with van der Waals surface area (Å²) in [5, 5.41) is 0.964. The minimum absolute atomic E-state index is 0.258. The maximum Gasteiger partial charge on any atom is 0.351 e. The third kappa shape index (κ3) is 3.65. The van der Waals surface area contributed by atoms with Crippen molar-refractivity contribution in [3.63, 3.8) is 0 Å². The lowest BCUT2D eigenvalue weighted by atomic mass is 10.4. The standard InChI is InChI=1S/C7H11N3O2/c1-4-6(2)12-10(3)7(11)5-9-8/h4-6H,1H2,2-3H3. The Hall–Kier alpha value is -1.45. The lowest BCUT2D eigenvalue weighted by molar-refractivity contribution is -0.181. The van der Waals surface area contributed by atoms with Gasteiger partial charge in [0.15, 0.2) is 0 Å². The second kappa shape index (κ2) is 5.23. The van der Waals surface area contributed by atoms with Crippen molar-refractivity contribution in [1.82, 2.24) is 5.06 Å². The first kappa shape index (κ1) is 10.6. The van der Waals surface area contributed by atoms with Gasteiger partial charge in [0, 0.05) is 7.05 Å². The largest absolute Gasteiger partial charge is 0.361 e. The minimum Gasteiger partial charge on any atom is -0.361 e. The van der Waals surface area contributed by atoms with E-state index in [1.165, 1.54) is 7.05 Å². The van der Waals surface area contributed by atoms with Crippen molar-refractivity contribution in [1.29, 1.82) is 0 Å². The van der Waals surface area contributed by atoms with Gasteiger partial charge in [-0.3, -0.25) is 9.63 Å². The van der Waals surface area contributed by atoms with Crippen LogP contribution in [-0.2, 0) is 9.63 Å². The molecule has 0 aromatic carbocycles. The van der Waals surface area contributed by atoms with E-state index in [1.54, 1.807) is 13.0 Å². The van der Waals surface area contributed by atoms with Crippen LogP contribution in [0.3, 0.4) is 0 Å². The van der Waals surface area contributed by atoms with Gasteiger partial charge in [-0.15, -0.1) is 6.58 Å². The Morgan fingerprint density at radius 2 is 2.42 bits per heavy atom. The van der Waals surface area contributed by atoms with Crippen molar-refractivity contribution in [3.8, 4) is 0 Å². The van der Waals surface area contributed by atoms with Gasteiger partial charge in [-0.2, -0.15) is 4.79 Å². The summed E-state index contributed by atoms with van der Waals surface area (Å²) < 4.78 is 0. The molecular weight excluding hydrogens is 158 g/mol. The minimum atomic E-state index is -0.536. The van der Waals surface area contributed by atoms with E-state index in [0.29, 0.717) is 0 Å². The van der Waals surface area contributed by atoms with Crippen LogP contribution in [-0.4, -0.2) is 35.1 Å². The Morgan fingerprint density at radius 1 is 1.83 bits per heavy atom. The Labute approximate surface area is 70.8 Å². The van der Waals surface area contributed by atoms with Crippen molar-refractivity contribution in [3.05, 3.63) is 18.2 Å². The SMILES string of the molecule is C=CC(C)ON(C)C(=O)C=[N+]=[N-]. The first-order valence-corrected chi connectivity index (χ1v) is 3.36. The average Bonchev–Trinajstić information content (AvgIpc) is 2.04. The predicted molar refractivity (Wildman–Crippen MR) is 43.2 cm³/mol. The van der Waals surface area contributed by atoms with Crippen molar-refractivity contribution in [2.45, 2.75) is 13.0 Å². The van der Waals surface area contributed by atoms with E-state index in [2.05, 4.69) is 11.4 Å². The van der Waals surface area contributed by atoms with Gasteiger partial charge in [-0.05, 0) is 6.92 Å². The molecule has 0 rings (SSSR count). The fraction of sp³-hybridized carbons (Fsp3) is 0.429. The fourth-order valence-electron chi connectivity index (χ4n) is 0.475. The summed E-state index contributed by atoms with van der Waals surface area (Å²) in [7, 11) is 1.42. The van der Waals surface area contributed by atoms with Crippen molar-refractivity contribution in [2.24, 2.45) is 0 Å².